The highest BCUT2D eigenvalue weighted by molar-refractivity contribution is 5.98. The number of hydrogen-bond donors (Lipinski definition) is 4. The molecule has 4 rings (SSSR count). The molecule has 0 saturated heterocycles. The van der Waals surface area contributed by atoms with Crippen molar-refractivity contribution in [2.75, 3.05) is 20.2 Å². The molecule has 0 bridgehead atoms. The Labute approximate surface area is 249 Å². The van der Waals surface area contributed by atoms with Gasteiger partial charge in [-0.25, -0.2) is 4.79 Å². The summed E-state index contributed by atoms with van der Waals surface area (Å²) in [6.45, 7) is 0.511. The lowest BCUT2D eigenvalue weighted by Crippen LogP contribution is -2.47. The molecule has 4 N–H and O–H groups in total. The van der Waals surface area contributed by atoms with Crippen molar-refractivity contribution in [3.8, 4) is 0 Å². The van der Waals surface area contributed by atoms with Crippen LogP contribution in [0.3, 0.4) is 0 Å². The number of nitrogens with one attached hydrogen (secondary N) is 3. The van der Waals surface area contributed by atoms with E-state index in [2.05, 4.69) is 16.0 Å². The molecule has 224 valence electrons. The van der Waals surface area contributed by atoms with Gasteiger partial charge in [0.2, 0.25) is 11.8 Å². The molecule has 2 atom stereocenters. The van der Waals surface area contributed by atoms with Crippen molar-refractivity contribution < 1.29 is 33.4 Å². The number of amides is 3. The first kappa shape index (κ1) is 31.0. The lowest BCUT2D eigenvalue weighted by molar-refractivity contribution is -0.129. The molecular weight excluding hydrogens is 550 g/mol. The maximum absolute atomic E-state index is 13.1. The van der Waals surface area contributed by atoms with Gasteiger partial charge < -0.3 is 30.2 Å². The van der Waals surface area contributed by atoms with Gasteiger partial charge in [-0.3, -0.25) is 14.4 Å². The molecule has 10 nitrogen and oxygen atoms in total. The number of hydrogen-bond acceptors (Lipinski definition) is 7. The van der Waals surface area contributed by atoms with Gasteiger partial charge in [0.15, 0.2) is 5.76 Å². The molecule has 10 heteroatoms. The van der Waals surface area contributed by atoms with E-state index < -0.39 is 29.9 Å². The van der Waals surface area contributed by atoms with Crippen molar-refractivity contribution in [2.24, 2.45) is 0 Å². The van der Waals surface area contributed by atoms with Crippen LogP contribution in [0.25, 0.3) is 11.0 Å². The number of rotatable bonds is 14. The van der Waals surface area contributed by atoms with Crippen LogP contribution in [0, 0.1) is 0 Å². The number of carbonyl (C=O) groups excluding carboxylic acids is 4. The first-order valence-corrected chi connectivity index (χ1v) is 14.1. The van der Waals surface area contributed by atoms with E-state index >= 15 is 0 Å². The Kier molecular flexibility index (Phi) is 11.0. The number of fused-ring (bicyclic) bond motifs is 1. The van der Waals surface area contributed by atoms with Crippen LogP contribution in [0.4, 0.5) is 0 Å². The Bertz CT molecular complexity index is 1500. The van der Waals surface area contributed by atoms with E-state index in [0.717, 1.165) is 16.5 Å². The number of methoxy groups -OCH3 is 1. The summed E-state index contributed by atoms with van der Waals surface area (Å²) in [6.07, 6.45) is 0.109. The summed E-state index contributed by atoms with van der Waals surface area (Å²) in [5.41, 5.74) is 2.74. The molecule has 1 aromatic heterocycles. The van der Waals surface area contributed by atoms with Gasteiger partial charge in [-0.2, -0.15) is 0 Å². The van der Waals surface area contributed by atoms with Gasteiger partial charge in [0, 0.05) is 24.9 Å². The molecule has 0 unspecified atom stereocenters. The molecule has 0 spiro atoms. The van der Waals surface area contributed by atoms with Gasteiger partial charge in [0.1, 0.15) is 17.7 Å². The van der Waals surface area contributed by atoms with Gasteiger partial charge in [0.25, 0.3) is 5.91 Å². The van der Waals surface area contributed by atoms with Gasteiger partial charge in [-0.1, -0.05) is 60.7 Å². The Morgan fingerprint density at radius 1 is 0.837 bits per heavy atom. The normalized spacial score (nSPS) is 12.2. The summed E-state index contributed by atoms with van der Waals surface area (Å²) in [4.78, 5) is 50.2. The number of aliphatic hydroxyl groups excluding tert-OH is 1. The number of esters is 1. The van der Waals surface area contributed by atoms with Crippen LogP contribution in [0.2, 0.25) is 0 Å². The van der Waals surface area contributed by atoms with Crippen LogP contribution < -0.4 is 16.0 Å². The van der Waals surface area contributed by atoms with Crippen molar-refractivity contribution in [1.29, 1.82) is 0 Å². The van der Waals surface area contributed by atoms with Crippen molar-refractivity contribution in [2.45, 2.75) is 37.8 Å². The molecule has 0 radical (unpaired) electrons. The third-order valence-corrected chi connectivity index (χ3v) is 6.90. The van der Waals surface area contributed by atoms with Crippen molar-refractivity contribution in [1.82, 2.24) is 16.0 Å². The van der Waals surface area contributed by atoms with Crippen LogP contribution in [-0.2, 0) is 27.2 Å². The van der Waals surface area contributed by atoms with Crippen LogP contribution in [-0.4, -0.2) is 61.1 Å². The Hall–Kier alpha value is -4.96. The second-order valence-corrected chi connectivity index (χ2v) is 10.0. The fraction of sp³-hybridized carbons (Fsp3) is 0.273. The Balaban J connectivity index is 1.32. The second kappa shape index (κ2) is 15.3. The quantitative estimate of drug-likeness (QED) is 0.131. The maximum atomic E-state index is 13.1. The lowest BCUT2D eigenvalue weighted by Gasteiger charge is -2.18. The minimum Gasteiger partial charge on any atom is -0.465 e. The first-order valence-electron chi connectivity index (χ1n) is 14.1. The van der Waals surface area contributed by atoms with E-state index in [0.29, 0.717) is 30.5 Å². The summed E-state index contributed by atoms with van der Waals surface area (Å²) in [6, 6.07) is 24.0. The molecule has 0 aliphatic heterocycles. The average Bonchev–Trinajstić information content (AvgIpc) is 3.47. The summed E-state index contributed by atoms with van der Waals surface area (Å²) >= 11 is 0. The molecule has 0 aliphatic rings. The van der Waals surface area contributed by atoms with Crippen molar-refractivity contribution in [3.05, 3.63) is 107 Å². The standard InChI is InChI=1S/C33H35N3O7/c1-42-33(41)24-15-13-22(14-16-24)17-19-35-30(38)26(36-32(40)29-21-25-10-5-6-12-28(25)43-29)11-7-18-34-31(39)27(37)20-23-8-3-2-4-9-23/h2-6,8-10,12-16,21,26-27,37H,7,11,17-20H2,1H3,(H,34,39)(H,35,38)(H,36,40)/t26-,27-/m0/s1. The topological polar surface area (TPSA) is 147 Å². The predicted molar refractivity (Wildman–Crippen MR) is 160 cm³/mol. The van der Waals surface area contributed by atoms with E-state index in [1.54, 1.807) is 42.5 Å². The fourth-order valence-electron chi connectivity index (χ4n) is 4.54. The van der Waals surface area contributed by atoms with Gasteiger partial charge >= 0.3 is 5.97 Å². The number of benzene rings is 3. The van der Waals surface area contributed by atoms with Crippen molar-refractivity contribution in [3.63, 3.8) is 0 Å². The number of aliphatic hydroxyl groups is 1. The Morgan fingerprint density at radius 3 is 2.26 bits per heavy atom. The highest BCUT2D eigenvalue weighted by atomic mass is 16.5. The molecule has 0 fully saturated rings. The third kappa shape index (κ3) is 9.01. The second-order valence-electron chi connectivity index (χ2n) is 10.0. The minimum atomic E-state index is -1.20. The first-order chi connectivity index (χ1) is 20.8. The number of carbonyl (C=O) groups is 4. The zero-order chi connectivity index (χ0) is 30.6. The van der Waals surface area contributed by atoms with Gasteiger partial charge in [-0.15, -0.1) is 0 Å². The fourth-order valence-corrected chi connectivity index (χ4v) is 4.54. The van der Waals surface area contributed by atoms with Crippen LogP contribution in [0.15, 0.2) is 89.3 Å². The van der Waals surface area contributed by atoms with E-state index in [4.69, 9.17) is 9.15 Å². The zero-order valence-corrected chi connectivity index (χ0v) is 23.9. The smallest absolute Gasteiger partial charge is 0.337 e. The molecule has 43 heavy (non-hydrogen) atoms. The highest BCUT2D eigenvalue weighted by Crippen LogP contribution is 2.19. The summed E-state index contributed by atoms with van der Waals surface area (Å²) in [7, 11) is 1.32. The van der Waals surface area contributed by atoms with E-state index in [9.17, 15) is 24.3 Å². The molecule has 1 heterocycles. The highest BCUT2D eigenvalue weighted by Gasteiger charge is 2.23. The minimum absolute atomic E-state index is 0.0852. The van der Waals surface area contributed by atoms with E-state index in [1.165, 1.54) is 7.11 Å². The van der Waals surface area contributed by atoms with E-state index in [-0.39, 0.29) is 31.1 Å². The monoisotopic (exact) mass is 585 g/mol. The summed E-state index contributed by atoms with van der Waals surface area (Å²) < 4.78 is 10.4. The molecule has 3 aromatic carbocycles. The molecule has 0 saturated carbocycles. The summed E-state index contributed by atoms with van der Waals surface area (Å²) in [5.74, 6) is -1.76. The van der Waals surface area contributed by atoms with Crippen LogP contribution >= 0.6 is 0 Å². The molecule has 4 aromatic rings. The van der Waals surface area contributed by atoms with Crippen LogP contribution in [0.1, 0.15) is 44.9 Å². The predicted octanol–water partition coefficient (Wildman–Crippen LogP) is 3.18. The zero-order valence-electron chi connectivity index (χ0n) is 23.9. The number of furan rings is 1. The van der Waals surface area contributed by atoms with Gasteiger partial charge in [0.05, 0.1) is 12.7 Å². The molecule has 3 amide bonds. The lowest BCUT2D eigenvalue weighted by atomic mass is 10.1. The largest absolute Gasteiger partial charge is 0.465 e. The van der Waals surface area contributed by atoms with Crippen LogP contribution in [0.5, 0.6) is 0 Å². The third-order valence-electron chi connectivity index (χ3n) is 6.90. The summed E-state index contributed by atoms with van der Waals surface area (Å²) in [5, 5.41) is 19.3. The SMILES string of the molecule is COC(=O)c1ccc(CCNC(=O)[C@H](CCCNC(=O)[C@@H](O)Cc2ccccc2)NC(=O)c2cc3ccccc3o2)cc1. The average molecular weight is 586 g/mol. The van der Waals surface area contributed by atoms with E-state index in [1.807, 2.05) is 42.5 Å². The van der Waals surface area contributed by atoms with Crippen molar-refractivity contribution >= 4 is 34.7 Å². The van der Waals surface area contributed by atoms with Gasteiger partial charge in [-0.05, 0) is 54.7 Å². The number of ether oxygens (including phenoxy) is 1. The number of para-hydroxylation sites is 1. The molecular formula is C33H35N3O7. The molecule has 0 aliphatic carbocycles. The maximum Gasteiger partial charge on any atom is 0.337 e. The Morgan fingerprint density at radius 2 is 1.53 bits per heavy atom.